The highest BCUT2D eigenvalue weighted by Gasteiger charge is 2.20. The number of aromatic nitrogens is 2. The number of hydrogen-bond acceptors (Lipinski definition) is 4. The Balaban J connectivity index is 1.87. The van der Waals surface area contributed by atoms with E-state index in [0.29, 0.717) is 6.61 Å². The van der Waals surface area contributed by atoms with Crippen molar-refractivity contribution in [3.8, 4) is 5.75 Å². The van der Waals surface area contributed by atoms with Gasteiger partial charge in [0.05, 0.1) is 18.8 Å². The highest BCUT2D eigenvalue weighted by molar-refractivity contribution is 9.10. The quantitative estimate of drug-likeness (QED) is 0.855. The van der Waals surface area contributed by atoms with Gasteiger partial charge in [-0.05, 0) is 34.1 Å². The van der Waals surface area contributed by atoms with Crippen molar-refractivity contribution in [2.75, 3.05) is 18.1 Å². The summed E-state index contributed by atoms with van der Waals surface area (Å²) >= 11 is 3.40. The van der Waals surface area contributed by atoms with Gasteiger partial charge in [-0.15, -0.1) is 0 Å². The summed E-state index contributed by atoms with van der Waals surface area (Å²) in [7, 11) is 0. The van der Waals surface area contributed by atoms with Crippen molar-refractivity contribution < 1.29 is 4.74 Å². The van der Waals surface area contributed by atoms with Crippen LogP contribution >= 0.6 is 15.9 Å². The predicted molar refractivity (Wildman–Crippen MR) is 72.7 cm³/mol. The van der Waals surface area contributed by atoms with Crippen LogP contribution in [0, 0.1) is 0 Å². The van der Waals surface area contributed by atoms with Crippen molar-refractivity contribution in [2.24, 2.45) is 0 Å². The molecule has 1 aliphatic heterocycles. The van der Waals surface area contributed by atoms with E-state index in [2.05, 4.69) is 30.8 Å². The first kappa shape index (κ1) is 11.5. The topological polar surface area (TPSA) is 38.2 Å². The molecule has 0 aromatic carbocycles. The highest BCUT2D eigenvalue weighted by atomic mass is 79.9. The summed E-state index contributed by atoms with van der Waals surface area (Å²) in [4.78, 5) is 11.0. The number of ether oxygens (including phenoxy) is 1. The monoisotopic (exact) mass is 305 g/mol. The second-order valence-electron chi connectivity index (χ2n) is 4.07. The summed E-state index contributed by atoms with van der Waals surface area (Å²) in [6, 6.07) is 7.89. The van der Waals surface area contributed by atoms with Crippen LogP contribution in [0.4, 0.5) is 5.82 Å². The maximum atomic E-state index is 5.62. The largest absolute Gasteiger partial charge is 0.488 e. The van der Waals surface area contributed by atoms with Gasteiger partial charge in [0.2, 0.25) is 0 Å². The van der Waals surface area contributed by atoms with Gasteiger partial charge in [-0.2, -0.15) is 0 Å². The Morgan fingerprint density at radius 1 is 1.33 bits per heavy atom. The second kappa shape index (κ2) is 4.94. The first-order valence-corrected chi connectivity index (χ1v) is 6.55. The Bertz CT molecular complexity index is 547. The van der Waals surface area contributed by atoms with Crippen molar-refractivity contribution in [2.45, 2.75) is 6.54 Å². The zero-order valence-electron chi connectivity index (χ0n) is 9.71. The summed E-state index contributed by atoms with van der Waals surface area (Å²) < 4.78 is 6.55. The standard InChI is InChI=1S/C13H12BrN3O/c14-10-7-12-13(16-8-10)17(5-6-18-12)9-11-3-1-2-4-15-11/h1-4,7-8H,5-6,9H2. The van der Waals surface area contributed by atoms with E-state index in [9.17, 15) is 0 Å². The molecule has 0 spiro atoms. The summed E-state index contributed by atoms with van der Waals surface area (Å²) in [5, 5.41) is 0. The van der Waals surface area contributed by atoms with Crippen LogP contribution in [0.25, 0.3) is 0 Å². The summed E-state index contributed by atoms with van der Waals surface area (Å²) in [6.07, 6.45) is 3.60. The molecular weight excluding hydrogens is 294 g/mol. The number of pyridine rings is 2. The van der Waals surface area contributed by atoms with Crippen LogP contribution in [0.2, 0.25) is 0 Å². The Hall–Kier alpha value is -1.62. The van der Waals surface area contributed by atoms with Gasteiger partial charge in [-0.1, -0.05) is 6.07 Å². The predicted octanol–water partition coefficient (Wildman–Crippen LogP) is 2.64. The van der Waals surface area contributed by atoms with Crippen LogP contribution in [0.1, 0.15) is 5.69 Å². The molecule has 0 unspecified atom stereocenters. The minimum atomic E-state index is 0.679. The van der Waals surface area contributed by atoms with Gasteiger partial charge in [0, 0.05) is 16.9 Å². The van der Waals surface area contributed by atoms with E-state index >= 15 is 0 Å². The molecule has 1 aliphatic rings. The van der Waals surface area contributed by atoms with Gasteiger partial charge < -0.3 is 9.64 Å². The molecule has 3 heterocycles. The average Bonchev–Trinajstić information content (AvgIpc) is 2.40. The summed E-state index contributed by atoms with van der Waals surface area (Å²) in [5.41, 5.74) is 1.04. The summed E-state index contributed by atoms with van der Waals surface area (Å²) in [5.74, 6) is 1.71. The number of fused-ring (bicyclic) bond motifs is 1. The van der Waals surface area contributed by atoms with Crippen molar-refractivity contribution in [3.63, 3.8) is 0 Å². The van der Waals surface area contributed by atoms with Crippen molar-refractivity contribution in [3.05, 3.63) is 46.8 Å². The van der Waals surface area contributed by atoms with Crippen LogP contribution in [0.5, 0.6) is 5.75 Å². The van der Waals surface area contributed by atoms with Crippen LogP contribution in [0.15, 0.2) is 41.1 Å². The molecule has 0 aliphatic carbocycles. The minimum Gasteiger partial charge on any atom is -0.488 e. The summed E-state index contributed by atoms with van der Waals surface area (Å²) in [6.45, 7) is 2.27. The fourth-order valence-electron chi connectivity index (χ4n) is 1.97. The minimum absolute atomic E-state index is 0.679. The van der Waals surface area contributed by atoms with Gasteiger partial charge in [-0.25, -0.2) is 4.98 Å². The van der Waals surface area contributed by atoms with E-state index < -0.39 is 0 Å². The molecular formula is C13H12BrN3O. The first-order chi connectivity index (χ1) is 8.83. The molecule has 0 fully saturated rings. The van der Waals surface area contributed by atoms with Crippen LogP contribution in [-0.4, -0.2) is 23.1 Å². The third kappa shape index (κ3) is 2.31. The third-order valence-electron chi connectivity index (χ3n) is 2.80. The van der Waals surface area contributed by atoms with Crippen molar-refractivity contribution in [1.29, 1.82) is 0 Å². The molecule has 92 valence electrons. The zero-order chi connectivity index (χ0) is 12.4. The maximum Gasteiger partial charge on any atom is 0.171 e. The molecule has 0 saturated heterocycles. The molecule has 0 radical (unpaired) electrons. The molecule has 2 aromatic heterocycles. The Morgan fingerprint density at radius 2 is 2.28 bits per heavy atom. The molecule has 18 heavy (non-hydrogen) atoms. The number of anilines is 1. The second-order valence-corrected chi connectivity index (χ2v) is 4.98. The number of halogens is 1. The normalized spacial score (nSPS) is 13.9. The van der Waals surface area contributed by atoms with Gasteiger partial charge in [0.25, 0.3) is 0 Å². The van der Waals surface area contributed by atoms with E-state index in [0.717, 1.165) is 34.8 Å². The van der Waals surface area contributed by atoms with E-state index in [1.165, 1.54) is 0 Å². The van der Waals surface area contributed by atoms with E-state index in [1.807, 2.05) is 30.5 Å². The van der Waals surface area contributed by atoms with Crippen LogP contribution < -0.4 is 9.64 Å². The van der Waals surface area contributed by atoms with E-state index in [1.54, 1.807) is 6.20 Å². The average molecular weight is 306 g/mol. The fraction of sp³-hybridized carbons (Fsp3) is 0.231. The lowest BCUT2D eigenvalue weighted by Gasteiger charge is -2.29. The molecule has 0 atom stereocenters. The van der Waals surface area contributed by atoms with Gasteiger partial charge in [-0.3, -0.25) is 4.98 Å². The zero-order valence-corrected chi connectivity index (χ0v) is 11.3. The molecule has 5 heteroatoms. The lowest BCUT2D eigenvalue weighted by Crippen LogP contribution is -2.33. The molecule has 0 saturated carbocycles. The van der Waals surface area contributed by atoms with Crippen LogP contribution in [-0.2, 0) is 6.54 Å². The molecule has 0 amide bonds. The Labute approximate surface area is 114 Å². The third-order valence-corrected chi connectivity index (χ3v) is 3.23. The van der Waals surface area contributed by atoms with Gasteiger partial charge in [0.1, 0.15) is 6.61 Å². The van der Waals surface area contributed by atoms with E-state index in [4.69, 9.17) is 4.74 Å². The van der Waals surface area contributed by atoms with E-state index in [-0.39, 0.29) is 0 Å². The van der Waals surface area contributed by atoms with Gasteiger partial charge >= 0.3 is 0 Å². The molecule has 0 bridgehead atoms. The maximum absolute atomic E-state index is 5.62. The Morgan fingerprint density at radius 3 is 3.11 bits per heavy atom. The molecule has 2 aromatic rings. The van der Waals surface area contributed by atoms with Crippen LogP contribution in [0.3, 0.4) is 0 Å². The smallest absolute Gasteiger partial charge is 0.171 e. The number of hydrogen-bond donors (Lipinski definition) is 0. The molecule has 3 rings (SSSR count). The highest BCUT2D eigenvalue weighted by Crippen LogP contribution is 2.32. The van der Waals surface area contributed by atoms with Gasteiger partial charge in [0.15, 0.2) is 11.6 Å². The molecule has 4 nitrogen and oxygen atoms in total. The number of nitrogens with zero attached hydrogens (tertiary/aromatic N) is 3. The van der Waals surface area contributed by atoms with Crippen molar-refractivity contribution >= 4 is 21.7 Å². The Kier molecular flexibility index (Phi) is 3.15. The first-order valence-electron chi connectivity index (χ1n) is 5.76. The van der Waals surface area contributed by atoms with Crippen molar-refractivity contribution in [1.82, 2.24) is 9.97 Å². The fourth-order valence-corrected chi connectivity index (χ4v) is 2.28. The lowest BCUT2D eigenvalue weighted by atomic mass is 10.3. The number of rotatable bonds is 2. The lowest BCUT2D eigenvalue weighted by molar-refractivity contribution is 0.304. The molecule has 0 N–H and O–H groups in total. The SMILES string of the molecule is Brc1cnc2c(c1)OCCN2Cc1ccccn1.